The summed E-state index contributed by atoms with van der Waals surface area (Å²) in [5, 5.41) is 3.49. The molecule has 0 saturated heterocycles. The van der Waals surface area contributed by atoms with Crippen LogP contribution in [-0.2, 0) is 13.2 Å². The number of hydrogen-bond acceptors (Lipinski definition) is 3. The maximum absolute atomic E-state index is 5.91. The van der Waals surface area contributed by atoms with Gasteiger partial charge in [0.15, 0.2) is 11.5 Å². The summed E-state index contributed by atoms with van der Waals surface area (Å²) in [6.45, 7) is 7.83. The molecule has 2 aromatic carbocycles. The molecule has 23 heavy (non-hydrogen) atoms. The molecule has 2 rings (SSSR count). The van der Waals surface area contributed by atoms with E-state index in [2.05, 4.69) is 56.4 Å². The number of methoxy groups -OCH3 is 1. The fraction of sp³-hybridized carbons (Fsp3) is 0.400. The summed E-state index contributed by atoms with van der Waals surface area (Å²) >= 11 is 0. The molecule has 1 N–H and O–H groups in total. The van der Waals surface area contributed by atoms with Gasteiger partial charge in [0, 0.05) is 12.6 Å². The average molecular weight is 313 g/mol. The summed E-state index contributed by atoms with van der Waals surface area (Å²) in [5.41, 5.74) is 3.61. The van der Waals surface area contributed by atoms with Crippen LogP contribution in [-0.4, -0.2) is 13.2 Å². The van der Waals surface area contributed by atoms with Gasteiger partial charge in [-0.1, -0.05) is 42.8 Å². The minimum absolute atomic E-state index is 0.512. The average Bonchev–Trinajstić information content (AvgIpc) is 2.59. The van der Waals surface area contributed by atoms with E-state index in [9.17, 15) is 0 Å². The Hall–Kier alpha value is -2.00. The first-order valence-corrected chi connectivity index (χ1v) is 8.21. The van der Waals surface area contributed by atoms with Gasteiger partial charge in [0.1, 0.15) is 6.61 Å². The third-order valence-electron chi connectivity index (χ3n) is 4.01. The lowest BCUT2D eigenvalue weighted by molar-refractivity contribution is 0.284. The standard InChI is InChI=1S/C20H27NO2/c1-5-16(3)21-13-18-10-11-19(20(12-18)22-4)23-14-17-8-6-15(2)7-9-17/h6-12,16,21H,5,13-14H2,1-4H3. The number of benzene rings is 2. The molecule has 0 fully saturated rings. The fourth-order valence-electron chi connectivity index (χ4n) is 2.22. The van der Waals surface area contributed by atoms with Crippen LogP contribution in [0, 0.1) is 6.92 Å². The van der Waals surface area contributed by atoms with Crippen molar-refractivity contribution in [1.82, 2.24) is 5.32 Å². The van der Waals surface area contributed by atoms with Crippen LogP contribution in [0.5, 0.6) is 11.5 Å². The van der Waals surface area contributed by atoms with Gasteiger partial charge in [0.25, 0.3) is 0 Å². The van der Waals surface area contributed by atoms with Gasteiger partial charge in [-0.3, -0.25) is 0 Å². The Morgan fingerprint density at radius 1 is 1.00 bits per heavy atom. The zero-order valence-electron chi connectivity index (χ0n) is 14.6. The third-order valence-corrected chi connectivity index (χ3v) is 4.01. The van der Waals surface area contributed by atoms with E-state index in [1.807, 2.05) is 12.1 Å². The van der Waals surface area contributed by atoms with Crippen molar-refractivity contribution in [2.45, 2.75) is 46.4 Å². The summed E-state index contributed by atoms with van der Waals surface area (Å²) in [7, 11) is 1.68. The second-order valence-electron chi connectivity index (χ2n) is 5.95. The highest BCUT2D eigenvalue weighted by Gasteiger charge is 2.07. The van der Waals surface area contributed by atoms with Crippen molar-refractivity contribution in [1.29, 1.82) is 0 Å². The van der Waals surface area contributed by atoms with E-state index in [1.54, 1.807) is 7.11 Å². The van der Waals surface area contributed by atoms with Crippen LogP contribution in [0.15, 0.2) is 42.5 Å². The molecule has 0 radical (unpaired) electrons. The lowest BCUT2D eigenvalue weighted by atomic mass is 10.1. The molecule has 0 saturated carbocycles. The van der Waals surface area contributed by atoms with Crippen LogP contribution in [0.1, 0.15) is 37.0 Å². The van der Waals surface area contributed by atoms with Crippen molar-refractivity contribution >= 4 is 0 Å². The summed E-state index contributed by atoms with van der Waals surface area (Å²) in [5.74, 6) is 1.56. The number of nitrogens with one attached hydrogen (secondary N) is 1. The molecule has 1 unspecified atom stereocenters. The highest BCUT2D eigenvalue weighted by Crippen LogP contribution is 2.29. The van der Waals surface area contributed by atoms with Gasteiger partial charge >= 0.3 is 0 Å². The summed E-state index contributed by atoms with van der Waals surface area (Å²) in [6, 6.07) is 15.0. The van der Waals surface area contributed by atoms with Gasteiger partial charge in [0.2, 0.25) is 0 Å². The molecule has 3 nitrogen and oxygen atoms in total. The molecule has 0 aliphatic heterocycles. The minimum Gasteiger partial charge on any atom is -0.493 e. The first-order valence-electron chi connectivity index (χ1n) is 8.21. The lowest BCUT2D eigenvalue weighted by Gasteiger charge is -2.14. The summed E-state index contributed by atoms with van der Waals surface area (Å²) < 4.78 is 11.4. The molecular formula is C20H27NO2. The third kappa shape index (κ3) is 5.29. The molecule has 0 aliphatic rings. The Bertz CT molecular complexity index is 608. The molecule has 0 aromatic heterocycles. The van der Waals surface area contributed by atoms with Crippen molar-refractivity contribution in [3.63, 3.8) is 0 Å². The zero-order valence-corrected chi connectivity index (χ0v) is 14.6. The summed E-state index contributed by atoms with van der Waals surface area (Å²) in [6.07, 6.45) is 1.12. The number of aryl methyl sites for hydroxylation is 1. The van der Waals surface area contributed by atoms with E-state index in [-0.39, 0.29) is 0 Å². The maximum atomic E-state index is 5.91. The molecule has 0 spiro atoms. The Balaban J connectivity index is 1.99. The first-order chi connectivity index (χ1) is 11.1. The minimum atomic E-state index is 0.512. The monoisotopic (exact) mass is 313 g/mol. The SMILES string of the molecule is CCC(C)NCc1ccc(OCc2ccc(C)cc2)c(OC)c1. The van der Waals surface area contributed by atoms with Gasteiger partial charge in [-0.05, 0) is 43.5 Å². The number of ether oxygens (including phenoxy) is 2. The van der Waals surface area contributed by atoms with Gasteiger partial charge in [-0.25, -0.2) is 0 Å². The Morgan fingerprint density at radius 3 is 2.35 bits per heavy atom. The largest absolute Gasteiger partial charge is 0.493 e. The topological polar surface area (TPSA) is 30.5 Å². The molecule has 0 aliphatic carbocycles. The molecule has 0 bridgehead atoms. The van der Waals surface area contributed by atoms with Crippen LogP contribution in [0.3, 0.4) is 0 Å². The highest BCUT2D eigenvalue weighted by atomic mass is 16.5. The van der Waals surface area contributed by atoms with E-state index < -0.39 is 0 Å². The highest BCUT2D eigenvalue weighted by molar-refractivity contribution is 5.43. The van der Waals surface area contributed by atoms with Crippen molar-refractivity contribution in [3.8, 4) is 11.5 Å². The predicted octanol–water partition coefficient (Wildman–Crippen LogP) is 4.47. The van der Waals surface area contributed by atoms with Gasteiger partial charge in [-0.2, -0.15) is 0 Å². The Morgan fingerprint density at radius 2 is 1.70 bits per heavy atom. The van der Waals surface area contributed by atoms with Crippen LogP contribution >= 0.6 is 0 Å². The summed E-state index contributed by atoms with van der Waals surface area (Å²) in [4.78, 5) is 0. The first kappa shape index (κ1) is 17.4. The van der Waals surface area contributed by atoms with Crippen molar-refractivity contribution in [2.75, 3.05) is 7.11 Å². The van der Waals surface area contributed by atoms with Gasteiger partial charge < -0.3 is 14.8 Å². The molecule has 124 valence electrons. The maximum Gasteiger partial charge on any atom is 0.161 e. The van der Waals surface area contributed by atoms with E-state index in [1.165, 1.54) is 11.1 Å². The number of hydrogen-bond donors (Lipinski definition) is 1. The van der Waals surface area contributed by atoms with E-state index >= 15 is 0 Å². The Kier molecular flexibility index (Phi) is 6.48. The van der Waals surface area contributed by atoms with Crippen LogP contribution in [0.2, 0.25) is 0 Å². The zero-order chi connectivity index (χ0) is 16.7. The van der Waals surface area contributed by atoms with Crippen LogP contribution in [0.4, 0.5) is 0 Å². The smallest absolute Gasteiger partial charge is 0.161 e. The second-order valence-corrected chi connectivity index (χ2v) is 5.95. The molecular weight excluding hydrogens is 286 g/mol. The normalized spacial score (nSPS) is 12.0. The van der Waals surface area contributed by atoms with Crippen molar-refractivity contribution in [3.05, 3.63) is 59.2 Å². The quantitative estimate of drug-likeness (QED) is 0.780. The molecule has 1 atom stereocenters. The molecule has 3 heteroatoms. The van der Waals surface area contributed by atoms with Crippen LogP contribution in [0.25, 0.3) is 0 Å². The van der Waals surface area contributed by atoms with Gasteiger partial charge in [-0.15, -0.1) is 0 Å². The molecule has 2 aromatic rings. The Labute approximate surface area is 139 Å². The number of rotatable bonds is 8. The molecule has 0 heterocycles. The van der Waals surface area contributed by atoms with E-state index in [4.69, 9.17) is 9.47 Å². The van der Waals surface area contributed by atoms with Crippen molar-refractivity contribution in [2.24, 2.45) is 0 Å². The predicted molar refractivity (Wildman–Crippen MR) is 95.1 cm³/mol. The van der Waals surface area contributed by atoms with E-state index in [0.29, 0.717) is 12.6 Å². The van der Waals surface area contributed by atoms with Crippen molar-refractivity contribution < 1.29 is 9.47 Å². The second kappa shape index (κ2) is 8.59. The van der Waals surface area contributed by atoms with Gasteiger partial charge in [0.05, 0.1) is 7.11 Å². The fourth-order valence-corrected chi connectivity index (χ4v) is 2.22. The van der Waals surface area contributed by atoms with Crippen LogP contribution < -0.4 is 14.8 Å². The molecule has 0 amide bonds. The van der Waals surface area contributed by atoms with E-state index in [0.717, 1.165) is 30.0 Å². The lowest BCUT2D eigenvalue weighted by Crippen LogP contribution is -2.24.